The third-order valence-electron chi connectivity index (χ3n) is 8.22. The summed E-state index contributed by atoms with van der Waals surface area (Å²) < 4.78 is 6.41. The molecule has 0 amide bonds. The highest BCUT2D eigenvalue weighted by molar-refractivity contribution is 6.36. The highest BCUT2D eigenvalue weighted by atomic mass is 35.5. The molecule has 0 spiro atoms. The van der Waals surface area contributed by atoms with Crippen molar-refractivity contribution in [1.82, 2.24) is 15.1 Å². The van der Waals surface area contributed by atoms with Crippen molar-refractivity contribution in [1.29, 1.82) is 0 Å². The van der Waals surface area contributed by atoms with Gasteiger partial charge in [0.15, 0.2) is 0 Å². The first-order valence-corrected chi connectivity index (χ1v) is 15.3. The minimum Gasteiger partial charge on any atom is -0.489 e. The van der Waals surface area contributed by atoms with E-state index in [1.807, 2.05) is 18.2 Å². The molecule has 0 saturated carbocycles. The van der Waals surface area contributed by atoms with Crippen LogP contribution in [0.3, 0.4) is 0 Å². The van der Waals surface area contributed by atoms with Gasteiger partial charge in [0.1, 0.15) is 11.9 Å². The Kier molecular flexibility index (Phi) is 8.38. The lowest BCUT2D eigenvalue weighted by Crippen LogP contribution is -2.25. The van der Waals surface area contributed by atoms with Crippen LogP contribution in [-0.2, 0) is 6.42 Å². The second kappa shape index (κ2) is 12.3. The predicted octanol–water partition coefficient (Wildman–Crippen LogP) is 8.23. The third kappa shape index (κ3) is 6.18. The average Bonchev–Trinajstić information content (AvgIpc) is 3.56. The van der Waals surface area contributed by atoms with Crippen LogP contribution < -0.4 is 10.3 Å². The zero-order valence-corrected chi connectivity index (χ0v) is 24.8. The summed E-state index contributed by atoms with van der Waals surface area (Å²) in [5, 5.41) is 6.92. The lowest BCUT2D eigenvalue weighted by atomic mass is 9.87. The summed E-state index contributed by atoms with van der Waals surface area (Å²) in [6.07, 6.45) is 6.55. The fraction of sp³-hybridized carbons (Fsp3) is 0.324. The van der Waals surface area contributed by atoms with E-state index in [1.54, 1.807) is 6.07 Å². The Balaban J connectivity index is 1.37. The van der Waals surface area contributed by atoms with Gasteiger partial charge >= 0.3 is 0 Å². The van der Waals surface area contributed by atoms with Crippen molar-refractivity contribution in [3.05, 3.63) is 109 Å². The standard InChI is InChI=1S/C34H35Cl2N3O2/c1-2-3-16-39-17-15-27(21-39)41-26-11-7-22(8-12-26)34-28-13-9-24(32-20-33(40)38-37-32)18-23(28)5-4-6-30(34)29-14-10-25(35)19-31(29)36/h7-14,18-20,27H,2-6,15-17,21H2,1H3,(H2,37,38,40)/t27-/m0/s1. The molecular formula is C34H35Cl2N3O2. The number of likely N-dealkylation sites (tertiary alicyclic amines) is 1. The summed E-state index contributed by atoms with van der Waals surface area (Å²) >= 11 is 13.1. The van der Waals surface area contributed by atoms with E-state index in [2.05, 4.69) is 64.5 Å². The van der Waals surface area contributed by atoms with E-state index in [0.717, 1.165) is 73.5 Å². The van der Waals surface area contributed by atoms with Crippen molar-refractivity contribution in [2.75, 3.05) is 19.6 Å². The molecule has 0 radical (unpaired) electrons. The molecule has 7 heteroatoms. The number of aryl methyl sites for hydroxylation is 1. The number of allylic oxidation sites excluding steroid dienone is 1. The van der Waals surface area contributed by atoms with Gasteiger partial charge < -0.3 is 4.74 Å². The quantitative estimate of drug-likeness (QED) is 0.218. The number of nitrogens with zero attached hydrogens (tertiary/aromatic N) is 1. The molecule has 1 aliphatic heterocycles. The normalized spacial score (nSPS) is 17.5. The van der Waals surface area contributed by atoms with Gasteiger partial charge in [-0.15, -0.1) is 0 Å². The van der Waals surface area contributed by atoms with Gasteiger partial charge in [0.25, 0.3) is 5.56 Å². The number of aromatic nitrogens is 2. The van der Waals surface area contributed by atoms with E-state index in [4.69, 9.17) is 27.9 Å². The van der Waals surface area contributed by atoms with Gasteiger partial charge in [-0.05, 0) is 108 Å². The van der Waals surface area contributed by atoms with Gasteiger partial charge in [0.05, 0.1) is 5.69 Å². The van der Waals surface area contributed by atoms with Gasteiger partial charge in [0, 0.05) is 29.2 Å². The summed E-state index contributed by atoms with van der Waals surface area (Å²) in [6, 6.07) is 22.4. The number of rotatable bonds is 8. The molecule has 1 fully saturated rings. The Hall–Kier alpha value is -3.25. The summed E-state index contributed by atoms with van der Waals surface area (Å²) in [7, 11) is 0. The topological polar surface area (TPSA) is 61.1 Å². The van der Waals surface area contributed by atoms with E-state index in [9.17, 15) is 4.79 Å². The minimum absolute atomic E-state index is 0.135. The number of halogens is 2. The van der Waals surface area contributed by atoms with Crippen LogP contribution in [0.1, 0.15) is 61.3 Å². The fourth-order valence-electron chi connectivity index (χ4n) is 6.15. The number of nitrogens with one attached hydrogen (secondary N) is 2. The molecule has 1 aliphatic carbocycles. The van der Waals surface area contributed by atoms with Crippen molar-refractivity contribution in [2.24, 2.45) is 0 Å². The van der Waals surface area contributed by atoms with E-state index in [0.29, 0.717) is 10.0 Å². The van der Waals surface area contributed by atoms with Crippen LogP contribution in [0.25, 0.3) is 22.4 Å². The van der Waals surface area contributed by atoms with Crippen LogP contribution >= 0.6 is 23.2 Å². The SMILES string of the molecule is CCCCN1CC[C@H](Oc2ccc(C3=C(c4ccc(Cl)cc4Cl)CCCc4cc(-c5cc(=O)[nH][nH]5)ccc43)cc2)C1. The molecule has 1 atom stereocenters. The molecule has 41 heavy (non-hydrogen) atoms. The molecule has 2 aliphatic rings. The largest absolute Gasteiger partial charge is 0.489 e. The van der Waals surface area contributed by atoms with Gasteiger partial charge in [-0.3, -0.25) is 19.9 Å². The fourth-order valence-corrected chi connectivity index (χ4v) is 6.67. The minimum atomic E-state index is -0.135. The lowest BCUT2D eigenvalue weighted by Gasteiger charge is -2.19. The molecule has 0 unspecified atom stereocenters. The zero-order valence-electron chi connectivity index (χ0n) is 23.3. The third-order valence-corrected chi connectivity index (χ3v) is 8.76. The van der Waals surface area contributed by atoms with E-state index in [-0.39, 0.29) is 11.7 Å². The lowest BCUT2D eigenvalue weighted by molar-refractivity contribution is 0.199. The van der Waals surface area contributed by atoms with Gasteiger partial charge in [-0.1, -0.05) is 66.9 Å². The monoisotopic (exact) mass is 587 g/mol. The molecule has 3 aromatic carbocycles. The molecule has 4 aromatic rings. The van der Waals surface area contributed by atoms with Crippen LogP contribution in [0.2, 0.25) is 10.0 Å². The molecule has 2 N–H and O–H groups in total. The number of hydrogen-bond acceptors (Lipinski definition) is 3. The summed E-state index contributed by atoms with van der Waals surface area (Å²) in [4.78, 5) is 14.3. The first-order valence-electron chi connectivity index (χ1n) is 14.6. The summed E-state index contributed by atoms with van der Waals surface area (Å²) in [5.41, 5.74) is 8.59. The number of hydrogen-bond donors (Lipinski definition) is 2. The first-order chi connectivity index (χ1) is 20.0. The van der Waals surface area contributed by atoms with Crippen molar-refractivity contribution < 1.29 is 4.74 Å². The van der Waals surface area contributed by atoms with E-state index in [1.165, 1.54) is 35.1 Å². The zero-order chi connectivity index (χ0) is 28.3. The first kappa shape index (κ1) is 27.9. The summed E-state index contributed by atoms with van der Waals surface area (Å²) in [6.45, 7) is 5.49. The Bertz CT molecular complexity index is 1620. The molecule has 1 aromatic heterocycles. The number of aromatic amines is 2. The maximum atomic E-state index is 11.8. The van der Waals surface area contributed by atoms with Crippen LogP contribution in [0.4, 0.5) is 0 Å². The van der Waals surface area contributed by atoms with Crippen LogP contribution in [0, 0.1) is 0 Å². The Morgan fingerprint density at radius 2 is 1.73 bits per heavy atom. The van der Waals surface area contributed by atoms with E-state index >= 15 is 0 Å². The molecule has 6 rings (SSSR count). The molecule has 2 heterocycles. The van der Waals surface area contributed by atoms with Crippen molar-refractivity contribution >= 4 is 34.3 Å². The maximum Gasteiger partial charge on any atom is 0.264 e. The molecule has 5 nitrogen and oxygen atoms in total. The van der Waals surface area contributed by atoms with Crippen LogP contribution in [0.15, 0.2) is 71.5 Å². The number of H-pyrrole nitrogens is 2. The van der Waals surface area contributed by atoms with Gasteiger partial charge in [-0.25, -0.2) is 0 Å². The predicted molar refractivity (Wildman–Crippen MR) is 169 cm³/mol. The van der Waals surface area contributed by atoms with Crippen LogP contribution in [-0.4, -0.2) is 40.8 Å². The Morgan fingerprint density at radius 1 is 0.927 bits per heavy atom. The molecule has 0 bridgehead atoms. The number of benzene rings is 3. The second-order valence-corrected chi connectivity index (χ2v) is 11.9. The highest BCUT2D eigenvalue weighted by Crippen LogP contribution is 2.43. The molecule has 1 saturated heterocycles. The summed E-state index contributed by atoms with van der Waals surface area (Å²) in [5.74, 6) is 0.906. The number of fused-ring (bicyclic) bond motifs is 1. The molecular weight excluding hydrogens is 553 g/mol. The van der Waals surface area contributed by atoms with Gasteiger partial charge in [-0.2, -0.15) is 0 Å². The smallest absolute Gasteiger partial charge is 0.264 e. The van der Waals surface area contributed by atoms with E-state index < -0.39 is 0 Å². The second-order valence-electron chi connectivity index (χ2n) is 11.1. The van der Waals surface area contributed by atoms with Crippen LogP contribution in [0.5, 0.6) is 5.75 Å². The maximum absolute atomic E-state index is 11.8. The molecule has 212 valence electrons. The number of unbranched alkanes of at least 4 members (excludes halogenated alkanes) is 1. The van der Waals surface area contributed by atoms with Crippen molar-refractivity contribution in [3.63, 3.8) is 0 Å². The average molecular weight is 589 g/mol. The highest BCUT2D eigenvalue weighted by Gasteiger charge is 2.25. The number of ether oxygens (including phenoxy) is 1. The Labute approximate surface area is 251 Å². The van der Waals surface area contributed by atoms with Crippen molar-refractivity contribution in [2.45, 2.75) is 51.6 Å². The Morgan fingerprint density at radius 3 is 2.49 bits per heavy atom. The van der Waals surface area contributed by atoms with Gasteiger partial charge in [0.2, 0.25) is 0 Å². The van der Waals surface area contributed by atoms with Crippen molar-refractivity contribution in [3.8, 4) is 17.0 Å².